The highest BCUT2D eigenvalue weighted by molar-refractivity contribution is 5.86. The molecule has 1 aliphatic heterocycles. The van der Waals surface area contributed by atoms with Crippen LogP contribution in [0.5, 0.6) is 11.5 Å². The molecule has 8 heteroatoms. The first-order chi connectivity index (χ1) is 13.5. The van der Waals surface area contributed by atoms with Crippen molar-refractivity contribution in [3.8, 4) is 11.5 Å². The van der Waals surface area contributed by atoms with E-state index < -0.39 is 12.1 Å². The Morgan fingerprint density at radius 2 is 2.07 bits per heavy atom. The van der Waals surface area contributed by atoms with E-state index in [-0.39, 0.29) is 18.4 Å². The van der Waals surface area contributed by atoms with Gasteiger partial charge < -0.3 is 24.4 Å². The monoisotopic (exact) mass is 385 g/mol. The predicted octanol–water partition coefficient (Wildman–Crippen LogP) is 1.31. The number of hydrogen-bond donors (Lipinski definition) is 1. The van der Waals surface area contributed by atoms with Crippen LogP contribution in [0.1, 0.15) is 17.2 Å². The lowest BCUT2D eigenvalue weighted by Crippen LogP contribution is -2.52. The number of ether oxygens (including phenoxy) is 3. The number of methoxy groups -OCH3 is 2. The molecule has 28 heavy (non-hydrogen) atoms. The minimum absolute atomic E-state index is 0.166. The van der Waals surface area contributed by atoms with Gasteiger partial charge in [-0.05, 0) is 29.3 Å². The first kappa shape index (κ1) is 19.6. The average molecular weight is 385 g/mol. The number of carbonyl (C=O) groups is 2. The van der Waals surface area contributed by atoms with Crippen molar-refractivity contribution < 1.29 is 23.8 Å². The van der Waals surface area contributed by atoms with E-state index in [0.29, 0.717) is 23.6 Å². The molecule has 2 aromatic rings. The summed E-state index contributed by atoms with van der Waals surface area (Å²) in [6, 6.07) is 8.33. The van der Waals surface area contributed by atoms with Crippen LogP contribution < -0.4 is 14.8 Å². The third kappa shape index (κ3) is 4.23. The fraction of sp³-hybridized carbons (Fsp3) is 0.350. The van der Waals surface area contributed by atoms with Gasteiger partial charge in [0.05, 0.1) is 20.3 Å². The lowest BCUT2D eigenvalue weighted by Gasteiger charge is -2.34. The number of morpholine rings is 1. The Hall–Kier alpha value is -3.13. The van der Waals surface area contributed by atoms with Crippen molar-refractivity contribution in [1.29, 1.82) is 0 Å². The van der Waals surface area contributed by atoms with Crippen LogP contribution in [0.15, 0.2) is 42.7 Å². The molecule has 8 nitrogen and oxygen atoms in total. The van der Waals surface area contributed by atoms with Crippen molar-refractivity contribution in [3.05, 3.63) is 53.9 Å². The summed E-state index contributed by atoms with van der Waals surface area (Å²) in [6.07, 6.45) is 2.54. The Morgan fingerprint density at radius 3 is 2.75 bits per heavy atom. The normalized spacial score (nSPS) is 18.9. The molecule has 3 rings (SSSR count). The molecule has 1 aromatic carbocycles. The van der Waals surface area contributed by atoms with E-state index in [1.807, 2.05) is 12.1 Å². The van der Waals surface area contributed by atoms with E-state index in [9.17, 15) is 9.59 Å². The van der Waals surface area contributed by atoms with Gasteiger partial charge in [-0.3, -0.25) is 14.6 Å². The number of rotatable bonds is 6. The third-order valence-electron chi connectivity index (χ3n) is 4.54. The van der Waals surface area contributed by atoms with Gasteiger partial charge >= 0.3 is 0 Å². The minimum atomic E-state index is -0.850. The molecule has 0 saturated carbocycles. The summed E-state index contributed by atoms with van der Waals surface area (Å²) in [6.45, 7) is 0.222. The first-order valence-corrected chi connectivity index (χ1v) is 8.80. The van der Waals surface area contributed by atoms with Crippen LogP contribution in [0.2, 0.25) is 0 Å². The molecule has 0 bridgehead atoms. The smallest absolute Gasteiger partial charge is 0.254 e. The zero-order valence-corrected chi connectivity index (χ0v) is 16.0. The molecule has 0 unspecified atom stereocenters. The lowest BCUT2D eigenvalue weighted by molar-refractivity contribution is -0.154. The molecule has 0 spiro atoms. The van der Waals surface area contributed by atoms with Gasteiger partial charge in [0.2, 0.25) is 5.91 Å². The molecule has 1 aliphatic rings. The second-order valence-corrected chi connectivity index (χ2v) is 6.45. The molecule has 2 amide bonds. The summed E-state index contributed by atoms with van der Waals surface area (Å²) < 4.78 is 16.2. The molecule has 1 N–H and O–H groups in total. The van der Waals surface area contributed by atoms with Gasteiger partial charge in [-0.2, -0.15) is 0 Å². The standard InChI is InChI=1S/C20H23N3O5/c1-23(11-13-5-4-8-21-10-13)20(25)19-18(22-17(24)12-28-19)14-6-7-15(26-2)16(9-14)27-3/h4-10,18-19H,11-12H2,1-3H3,(H,22,24)/t18-,19+/m1/s1. The quantitative estimate of drug-likeness (QED) is 0.807. The van der Waals surface area contributed by atoms with Gasteiger partial charge in [0.25, 0.3) is 5.91 Å². The summed E-state index contributed by atoms with van der Waals surface area (Å²) in [4.78, 5) is 30.6. The van der Waals surface area contributed by atoms with Crippen molar-refractivity contribution in [1.82, 2.24) is 15.2 Å². The van der Waals surface area contributed by atoms with E-state index in [2.05, 4.69) is 10.3 Å². The van der Waals surface area contributed by atoms with Gasteiger partial charge in [-0.25, -0.2) is 0 Å². The zero-order valence-electron chi connectivity index (χ0n) is 16.0. The van der Waals surface area contributed by atoms with Crippen LogP contribution in [-0.4, -0.2) is 55.7 Å². The van der Waals surface area contributed by atoms with Crippen LogP contribution in [0.4, 0.5) is 0 Å². The van der Waals surface area contributed by atoms with E-state index in [1.54, 1.807) is 49.7 Å². The lowest BCUT2D eigenvalue weighted by atomic mass is 9.98. The van der Waals surface area contributed by atoms with Crippen molar-refractivity contribution in [2.24, 2.45) is 0 Å². The number of pyridine rings is 1. The van der Waals surface area contributed by atoms with Crippen molar-refractivity contribution >= 4 is 11.8 Å². The van der Waals surface area contributed by atoms with Crippen molar-refractivity contribution in [2.45, 2.75) is 18.7 Å². The number of hydrogen-bond acceptors (Lipinski definition) is 6. The van der Waals surface area contributed by atoms with Crippen LogP contribution in [0, 0.1) is 0 Å². The van der Waals surface area contributed by atoms with Crippen LogP contribution >= 0.6 is 0 Å². The number of nitrogens with one attached hydrogen (secondary N) is 1. The highest BCUT2D eigenvalue weighted by atomic mass is 16.5. The number of nitrogens with zero attached hydrogens (tertiary/aromatic N) is 2. The molecular weight excluding hydrogens is 362 g/mol. The van der Waals surface area contributed by atoms with Crippen molar-refractivity contribution in [2.75, 3.05) is 27.9 Å². The molecule has 2 atom stereocenters. The Morgan fingerprint density at radius 1 is 1.29 bits per heavy atom. The van der Waals surface area contributed by atoms with E-state index >= 15 is 0 Å². The van der Waals surface area contributed by atoms with Gasteiger partial charge in [0.15, 0.2) is 17.6 Å². The van der Waals surface area contributed by atoms with Gasteiger partial charge in [0, 0.05) is 26.0 Å². The SMILES string of the molecule is COc1ccc([C@H]2NC(=O)CO[C@@H]2C(=O)N(C)Cc2cccnc2)cc1OC. The topological polar surface area (TPSA) is 90.0 Å². The molecular formula is C20H23N3O5. The zero-order chi connectivity index (χ0) is 20.1. The second kappa shape index (κ2) is 8.71. The summed E-state index contributed by atoms with van der Waals surface area (Å²) >= 11 is 0. The van der Waals surface area contributed by atoms with Gasteiger partial charge in [-0.1, -0.05) is 12.1 Å². The maximum atomic E-state index is 13.0. The maximum absolute atomic E-state index is 13.0. The van der Waals surface area contributed by atoms with Crippen LogP contribution in [-0.2, 0) is 20.9 Å². The van der Waals surface area contributed by atoms with E-state index in [4.69, 9.17) is 14.2 Å². The third-order valence-corrected chi connectivity index (χ3v) is 4.54. The number of carbonyl (C=O) groups excluding carboxylic acids is 2. The number of likely N-dealkylation sites (N-methyl/N-ethyl adjacent to an activating group) is 1. The highest BCUT2D eigenvalue weighted by Crippen LogP contribution is 2.32. The van der Waals surface area contributed by atoms with E-state index in [1.165, 1.54) is 7.11 Å². The molecule has 0 aliphatic carbocycles. The largest absolute Gasteiger partial charge is 0.493 e. The van der Waals surface area contributed by atoms with E-state index in [0.717, 1.165) is 5.56 Å². The molecule has 2 heterocycles. The predicted molar refractivity (Wildman–Crippen MR) is 101 cm³/mol. The van der Waals surface area contributed by atoms with Crippen LogP contribution in [0.25, 0.3) is 0 Å². The summed E-state index contributed by atoms with van der Waals surface area (Å²) in [5, 5.41) is 2.85. The number of aromatic nitrogens is 1. The molecule has 148 valence electrons. The number of benzene rings is 1. The fourth-order valence-electron chi connectivity index (χ4n) is 3.13. The molecule has 0 radical (unpaired) electrons. The van der Waals surface area contributed by atoms with Crippen molar-refractivity contribution in [3.63, 3.8) is 0 Å². The maximum Gasteiger partial charge on any atom is 0.254 e. The molecule has 1 aromatic heterocycles. The molecule has 1 saturated heterocycles. The van der Waals surface area contributed by atoms with Gasteiger partial charge in [-0.15, -0.1) is 0 Å². The minimum Gasteiger partial charge on any atom is -0.493 e. The summed E-state index contributed by atoms with van der Waals surface area (Å²) in [7, 11) is 4.77. The highest BCUT2D eigenvalue weighted by Gasteiger charge is 2.38. The fourth-order valence-corrected chi connectivity index (χ4v) is 3.13. The second-order valence-electron chi connectivity index (χ2n) is 6.45. The summed E-state index contributed by atoms with van der Waals surface area (Å²) in [5.74, 6) is 0.558. The molecule has 1 fully saturated rings. The Labute approximate surface area is 163 Å². The van der Waals surface area contributed by atoms with Gasteiger partial charge in [0.1, 0.15) is 6.61 Å². The number of amides is 2. The summed E-state index contributed by atoms with van der Waals surface area (Å²) in [5.41, 5.74) is 1.60. The Kier molecular flexibility index (Phi) is 6.10. The van der Waals surface area contributed by atoms with Crippen LogP contribution in [0.3, 0.4) is 0 Å². The Balaban J connectivity index is 1.84. The Bertz CT molecular complexity index is 843. The first-order valence-electron chi connectivity index (χ1n) is 8.80. The average Bonchev–Trinajstić information content (AvgIpc) is 2.73.